The lowest BCUT2D eigenvalue weighted by Gasteiger charge is -2.14. The fourth-order valence-electron chi connectivity index (χ4n) is 1.88. The van der Waals surface area contributed by atoms with Crippen LogP contribution in [0, 0.1) is 11.7 Å². The number of benzene rings is 1. The molecular weight excluding hydrogens is 271 g/mol. The van der Waals surface area contributed by atoms with Crippen LogP contribution in [0.1, 0.15) is 25.8 Å². The number of hydrogen-bond donors (Lipinski definition) is 0. The van der Waals surface area contributed by atoms with Crippen molar-refractivity contribution in [1.82, 2.24) is 0 Å². The van der Waals surface area contributed by atoms with Crippen molar-refractivity contribution < 1.29 is 9.13 Å². The molecule has 1 nitrogen and oxygen atoms in total. The van der Waals surface area contributed by atoms with Crippen molar-refractivity contribution in [1.29, 1.82) is 0 Å². The molecule has 1 aromatic rings. The van der Waals surface area contributed by atoms with Crippen molar-refractivity contribution in [3.63, 3.8) is 0 Å². The van der Waals surface area contributed by atoms with Gasteiger partial charge in [0.1, 0.15) is 0 Å². The molecule has 0 spiro atoms. The minimum atomic E-state index is -0.223. The Labute approximate surface area is 105 Å². The molecule has 2 unspecified atom stereocenters. The van der Waals surface area contributed by atoms with Gasteiger partial charge in [0.15, 0.2) is 11.6 Å². The van der Waals surface area contributed by atoms with Gasteiger partial charge in [-0.2, -0.15) is 0 Å². The van der Waals surface area contributed by atoms with E-state index < -0.39 is 0 Å². The average molecular weight is 289 g/mol. The molecule has 0 aromatic heterocycles. The summed E-state index contributed by atoms with van der Waals surface area (Å²) in [5.74, 6) is 0.562. The minimum Gasteiger partial charge on any atom is -0.494 e. The highest BCUT2D eigenvalue weighted by molar-refractivity contribution is 9.09. The van der Waals surface area contributed by atoms with Gasteiger partial charge in [-0.3, -0.25) is 0 Å². The second kappa shape index (κ2) is 6.24. The van der Waals surface area contributed by atoms with Crippen LogP contribution in [-0.2, 0) is 6.42 Å². The maximum absolute atomic E-state index is 13.8. The van der Waals surface area contributed by atoms with E-state index in [1.807, 2.05) is 12.1 Å². The molecule has 16 heavy (non-hydrogen) atoms. The van der Waals surface area contributed by atoms with Crippen molar-refractivity contribution >= 4 is 15.9 Å². The molecule has 90 valence electrons. The Morgan fingerprint density at radius 2 is 2.06 bits per heavy atom. The third-order valence-corrected chi connectivity index (χ3v) is 2.93. The predicted molar refractivity (Wildman–Crippen MR) is 68.8 cm³/mol. The highest BCUT2D eigenvalue weighted by Crippen LogP contribution is 2.24. The number of alkyl halides is 1. The Morgan fingerprint density at radius 3 is 2.62 bits per heavy atom. The number of hydrogen-bond acceptors (Lipinski definition) is 1. The first-order chi connectivity index (χ1) is 7.54. The maximum atomic E-state index is 13.8. The lowest BCUT2D eigenvalue weighted by Crippen LogP contribution is -2.07. The molecule has 0 amide bonds. The summed E-state index contributed by atoms with van der Waals surface area (Å²) >= 11 is 3.52. The zero-order valence-corrected chi connectivity index (χ0v) is 11.6. The third kappa shape index (κ3) is 3.78. The van der Waals surface area contributed by atoms with Gasteiger partial charge in [-0.15, -0.1) is 0 Å². The van der Waals surface area contributed by atoms with E-state index in [1.165, 1.54) is 7.11 Å². The molecule has 0 heterocycles. The Balaban J connectivity index is 2.73. The van der Waals surface area contributed by atoms with Crippen molar-refractivity contribution in [3.05, 3.63) is 29.6 Å². The van der Waals surface area contributed by atoms with Crippen LogP contribution in [0.25, 0.3) is 0 Å². The van der Waals surface area contributed by atoms with E-state index in [9.17, 15) is 4.39 Å². The van der Waals surface area contributed by atoms with Gasteiger partial charge in [-0.05, 0) is 30.4 Å². The van der Waals surface area contributed by atoms with Crippen LogP contribution in [0.4, 0.5) is 4.39 Å². The molecule has 1 aromatic carbocycles. The second-order valence-electron chi connectivity index (χ2n) is 4.26. The molecular formula is C13H18BrFO. The quantitative estimate of drug-likeness (QED) is 0.739. The molecule has 0 radical (unpaired) electrons. The SMILES string of the molecule is COc1cccc(CC(C)CC(C)Br)c1F. The zero-order valence-electron chi connectivity index (χ0n) is 9.97. The van der Waals surface area contributed by atoms with Crippen molar-refractivity contribution in [3.8, 4) is 5.75 Å². The van der Waals surface area contributed by atoms with Crippen molar-refractivity contribution in [2.75, 3.05) is 7.11 Å². The van der Waals surface area contributed by atoms with E-state index in [1.54, 1.807) is 6.07 Å². The minimum absolute atomic E-state index is 0.223. The molecule has 0 saturated carbocycles. The zero-order chi connectivity index (χ0) is 12.1. The summed E-state index contributed by atoms with van der Waals surface area (Å²) in [5.41, 5.74) is 0.736. The molecule has 0 N–H and O–H groups in total. The summed E-state index contributed by atoms with van der Waals surface area (Å²) < 4.78 is 18.8. The summed E-state index contributed by atoms with van der Waals surface area (Å²) in [6.07, 6.45) is 1.79. The van der Waals surface area contributed by atoms with Crippen LogP contribution in [0.3, 0.4) is 0 Å². The predicted octanol–water partition coefficient (Wildman–Crippen LogP) is 4.19. The lowest BCUT2D eigenvalue weighted by atomic mass is 9.96. The molecule has 3 heteroatoms. The van der Waals surface area contributed by atoms with Crippen LogP contribution in [0.5, 0.6) is 5.75 Å². The van der Waals surface area contributed by atoms with Gasteiger partial charge < -0.3 is 4.74 Å². The summed E-state index contributed by atoms with van der Waals surface area (Å²) in [6, 6.07) is 5.31. The Kier molecular flexibility index (Phi) is 5.26. The van der Waals surface area contributed by atoms with Gasteiger partial charge in [-0.25, -0.2) is 4.39 Å². The van der Waals surface area contributed by atoms with Gasteiger partial charge in [0.2, 0.25) is 0 Å². The molecule has 0 saturated heterocycles. The summed E-state index contributed by atoms with van der Waals surface area (Å²) in [6.45, 7) is 4.25. The number of rotatable bonds is 5. The van der Waals surface area contributed by atoms with Crippen LogP contribution in [0.15, 0.2) is 18.2 Å². The molecule has 0 aliphatic carbocycles. The summed E-state index contributed by atoms with van der Waals surface area (Å²) in [5, 5.41) is 0. The first kappa shape index (κ1) is 13.5. The van der Waals surface area contributed by atoms with E-state index in [0.29, 0.717) is 16.5 Å². The monoisotopic (exact) mass is 288 g/mol. The lowest BCUT2D eigenvalue weighted by molar-refractivity contribution is 0.382. The van der Waals surface area contributed by atoms with E-state index in [2.05, 4.69) is 29.8 Å². The van der Waals surface area contributed by atoms with Crippen LogP contribution >= 0.6 is 15.9 Å². The molecule has 0 bridgehead atoms. The fourth-order valence-corrected chi connectivity index (χ4v) is 2.52. The smallest absolute Gasteiger partial charge is 0.168 e. The molecule has 2 atom stereocenters. The van der Waals surface area contributed by atoms with E-state index >= 15 is 0 Å². The molecule has 0 fully saturated rings. The van der Waals surface area contributed by atoms with E-state index in [0.717, 1.165) is 18.4 Å². The van der Waals surface area contributed by atoms with Crippen molar-refractivity contribution in [2.45, 2.75) is 31.5 Å². The highest BCUT2D eigenvalue weighted by Gasteiger charge is 2.12. The average Bonchev–Trinajstić information content (AvgIpc) is 2.20. The van der Waals surface area contributed by atoms with Gasteiger partial charge >= 0.3 is 0 Å². The van der Waals surface area contributed by atoms with Crippen LogP contribution in [0.2, 0.25) is 0 Å². The fraction of sp³-hybridized carbons (Fsp3) is 0.538. The Bertz CT molecular complexity index is 339. The largest absolute Gasteiger partial charge is 0.494 e. The topological polar surface area (TPSA) is 9.23 Å². The number of halogens is 2. The molecule has 0 aliphatic rings. The van der Waals surface area contributed by atoms with Crippen molar-refractivity contribution in [2.24, 2.45) is 5.92 Å². The van der Waals surface area contributed by atoms with E-state index in [-0.39, 0.29) is 5.82 Å². The summed E-state index contributed by atoms with van der Waals surface area (Å²) in [7, 11) is 1.49. The standard InChI is InChI=1S/C13H18BrFO/c1-9(7-10(2)14)8-11-5-4-6-12(16-3)13(11)15/h4-6,9-10H,7-8H2,1-3H3. The molecule has 1 rings (SSSR count). The number of ether oxygens (including phenoxy) is 1. The van der Waals surface area contributed by atoms with Gasteiger partial charge in [0.25, 0.3) is 0 Å². The number of methoxy groups -OCH3 is 1. The maximum Gasteiger partial charge on any atom is 0.168 e. The van der Waals surface area contributed by atoms with Gasteiger partial charge in [-0.1, -0.05) is 41.9 Å². The Morgan fingerprint density at radius 1 is 1.38 bits per heavy atom. The molecule has 0 aliphatic heterocycles. The first-order valence-corrected chi connectivity index (χ1v) is 6.41. The van der Waals surface area contributed by atoms with E-state index in [4.69, 9.17) is 4.74 Å². The Hall–Kier alpha value is -0.570. The highest BCUT2D eigenvalue weighted by atomic mass is 79.9. The van der Waals surface area contributed by atoms with Gasteiger partial charge in [0, 0.05) is 4.83 Å². The van der Waals surface area contributed by atoms with Gasteiger partial charge in [0.05, 0.1) is 7.11 Å². The van der Waals surface area contributed by atoms with Crippen LogP contribution < -0.4 is 4.74 Å². The normalized spacial score (nSPS) is 14.6. The van der Waals surface area contributed by atoms with Crippen LogP contribution in [-0.4, -0.2) is 11.9 Å². The summed E-state index contributed by atoms with van der Waals surface area (Å²) in [4.78, 5) is 0.469. The first-order valence-electron chi connectivity index (χ1n) is 5.50. The second-order valence-corrected chi connectivity index (χ2v) is 5.82. The third-order valence-electron chi connectivity index (χ3n) is 2.56.